The van der Waals surface area contributed by atoms with Crippen LogP contribution in [0.4, 0.5) is 22.0 Å². The van der Waals surface area contributed by atoms with E-state index in [1.807, 2.05) is 0 Å². The van der Waals surface area contributed by atoms with Crippen molar-refractivity contribution in [2.75, 3.05) is 13.1 Å². The lowest BCUT2D eigenvalue weighted by molar-refractivity contribution is -0.166. The van der Waals surface area contributed by atoms with E-state index in [9.17, 15) is 31.5 Å². The maximum Gasteiger partial charge on any atom is 0.417 e. The van der Waals surface area contributed by atoms with Crippen molar-refractivity contribution in [2.24, 2.45) is 0 Å². The van der Waals surface area contributed by atoms with Crippen LogP contribution in [0.2, 0.25) is 5.02 Å². The summed E-state index contributed by atoms with van der Waals surface area (Å²) in [6.45, 7) is -1.86. The van der Waals surface area contributed by atoms with Gasteiger partial charge in [0, 0.05) is 6.20 Å². The van der Waals surface area contributed by atoms with Gasteiger partial charge in [-0.3, -0.25) is 9.59 Å². The molecule has 2 aromatic carbocycles. The average molecular weight is 457 g/mol. The molecule has 1 aromatic heterocycles. The van der Waals surface area contributed by atoms with E-state index in [4.69, 9.17) is 11.6 Å². The highest BCUT2D eigenvalue weighted by atomic mass is 35.5. The lowest BCUT2D eigenvalue weighted by Gasteiger charge is -2.38. The van der Waals surface area contributed by atoms with Crippen LogP contribution in [0.3, 0.4) is 0 Å². The number of carbonyl (C=O) groups excluding carboxylic acids is 1. The van der Waals surface area contributed by atoms with Gasteiger partial charge in [0.1, 0.15) is 6.54 Å². The highest BCUT2D eigenvalue weighted by Crippen LogP contribution is 2.38. The summed E-state index contributed by atoms with van der Waals surface area (Å²) in [6, 6.07) is 9.58. The van der Waals surface area contributed by atoms with Crippen molar-refractivity contribution in [2.45, 2.75) is 18.6 Å². The Labute approximate surface area is 177 Å². The number of carbonyl (C=O) groups is 1. The molecule has 0 aliphatic carbocycles. The van der Waals surface area contributed by atoms with E-state index in [1.165, 1.54) is 18.3 Å². The van der Waals surface area contributed by atoms with Crippen LogP contribution >= 0.6 is 11.6 Å². The van der Waals surface area contributed by atoms with Crippen molar-refractivity contribution < 1.29 is 26.7 Å². The van der Waals surface area contributed by atoms with E-state index < -0.39 is 53.8 Å². The second-order valence-electron chi connectivity index (χ2n) is 7.32. The molecule has 1 aliphatic rings. The van der Waals surface area contributed by atoms with Crippen molar-refractivity contribution >= 4 is 28.3 Å². The molecule has 162 valence electrons. The highest BCUT2D eigenvalue weighted by Gasteiger charge is 2.46. The quantitative estimate of drug-likeness (QED) is 0.530. The Morgan fingerprint density at radius 1 is 1.10 bits per heavy atom. The van der Waals surface area contributed by atoms with Crippen LogP contribution in [-0.2, 0) is 17.5 Å². The summed E-state index contributed by atoms with van der Waals surface area (Å²) in [5.41, 5.74) is -1.28. The number of hydrogen-bond donors (Lipinski definition) is 0. The van der Waals surface area contributed by atoms with E-state index in [1.54, 1.807) is 18.2 Å². The summed E-state index contributed by atoms with van der Waals surface area (Å²) < 4.78 is 66.9. The monoisotopic (exact) mass is 456 g/mol. The van der Waals surface area contributed by atoms with Gasteiger partial charge in [-0.2, -0.15) is 13.2 Å². The minimum Gasteiger partial charge on any atom is -0.329 e. The van der Waals surface area contributed by atoms with E-state index >= 15 is 0 Å². The lowest BCUT2D eigenvalue weighted by Crippen LogP contribution is -2.59. The molecule has 0 N–H and O–H groups in total. The topological polar surface area (TPSA) is 42.3 Å². The average Bonchev–Trinajstić information content (AvgIpc) is 2.67. The second-order valence-corrected chi connectivity index (χ2v) is 7.72. The fourth-order valence-electron chi connectivity index (χ4n) is 3.54. The van der Waals surface area contributed by atoms with Gasteiger partial charge >= 0.3 is 6.18 Å². The first-order chi connectivity index (χ1) is 14.5. The first-order valence-corrected chi connectivity index (χ1v) is 9.49. The smallest absolute Gasteiger partial charge is 0.329 e. The molecule has 10 heteroatoms. The minimum absolute atomic E-state index is 0.113. The Morgan fingerprint density at radius 2 is 1.81 bits per heavy atom. The van der Waals surface area contributed by atoms with Crippen LogP contribution in [-0.4, -0.2) is 34.4 Å². The molecule has 0 unspecified atom stereocenters. The first kappa shape index (κ1) is 21.3. The fourth-order valence-corrected chi connectivity index (χ4v) is 3.76. The molecular weight excluding hydrogens is 443 g/mol. The molecule has 0 atom stereocenters. The van der Waals surface area contributed by atoms with Crippen LogP contribution in [0, 0.1) is 0 Å². The molecule has 1 aliphatic heterocycles. The van der Waals surface area contributed by atoms with Crippen molar-refractivity contribution in [1.29, 1.82) is 0 Å². The van der Waals surface area contributed by atoms with Gasteiger partial charge in [-0.1, -0.05) is 35.9 Å². The van der Waals surface area contributed by atoms with Gasteiger partial charge in [0.2, 0.25) is 5.91 Å². The number of alkyl halides is 5. The number of fused-ring (bicyclic) bond motifs is 1. The third-order valence-corrected chi connectivity index (χ3v) is 5.42. The third-order valence-electron chi connectivity index (χ3n) is 5.09. The Hall–Kier alpha value is -2.94. The number of hydrogen-bond acceptors (Lipinski definition) is 2. The van der Waals surface area contributed by atoms with Crippen LogP contribution in [0.15, 0.2) is 53.5 Å². The molecule has 1 amide bonds. The van der Waals surface area contributed by atoms with Crippen molar-refractivity contribution in [3.05, 3.63) is 69.6 Å². The number of likely N-dealkylation sites (tertiary alicyclic amines) is 1. The normalized spacial score (nSPS) is 15.7. The van der Waals surface area contributed by atoms with Crippen molar-refractivity contribution in [3.8, 4) is 11.1 Å². The number of halogens is 6. The number of amides is 1. The number of aromatic nitrogens is 1. The molecule has 4 nitrogen and oxygen atoms in total. The Morgan fingerprint density at radius 3 is 2.45 bits per heavy atom. The van der Waals surface area contributed by atoms with E-state index in [2.05, 4.69) is 0 Å². The maximum absolute atomic E-state index is 13.3. The van der Waals surface area contributed by atoms with Gasteiger partial charge in [0.15, 0.2) is 0 Å². The van der Waals surface area contributed by atoms with Gasteiger partial charge in [-0.15, -0.1) is 0 Å². The summed E-state index contributed by atoms with van der Waals surface area (Å²) in [6.07, 6.45) is -3.32. The summed E-state index contributed by atoms with van der Waals surface area (Å²) in [5, 5.41) is 0.109. The molecule has 0 spiro atoms. The van der Waals surface area contributed by atoms with Crippen molar-refractivity contribution in [3.63, 3.8) is 0 Å². The van der Waals surface area contributed by atoms with E-state index in [-0.39, 0.29) is 16.5 Å². The minimum atomic E-state index is -4.68. The molecule has 4 rings (SSSR count). The van der Waals surface area contributed by atoms with E-state index in [0.717, 1.165) is 21.6 Å². The Bertz CT molecular complexity index is 1240. The second kappa shape index (κ2) is 7.33. The van der Waals surface area contributed by atoms with Crippen LogP contribution < -0.4 is 5.56 Å². The summed E-state index contributed by atoms with van der Waals surface area (Å²) in [5.74, 6) is -3.57. The summed E-state index contributed by atoms with van der Waals surface area (Å²) >= 11 is 5.69. The van der Waals surface area contributed by atoms with Crippen LogP contribution in [0.5, 0.6) is 0 Å². The molecule has 2 heterocycles. The number of nitrogens with zero attached hydrogens (tertiary/aromatic N) is 2. The third kappa shape index (κ3) is 4.01. The molecule has 3 aromatic rings. The van der Waals surface area contributed by atoms with Gasteiger partial charge in [0.25, 0.3) is 11.5 Å². The first-order valence-electron chi connectivity index (χ1n) is 9.11. The van der Waals surface area contributed by atoms with Gasteiger partial charge in [0.05, 0.1) is 29.1 Å². The standard InChI is InChI=1S/C21H14ClF5N2O2/c22-16-5-4-13(8-15(16)21(25,26)27)14-3-1-2-12-6-7-28(19(31)18(12)14)9-17(30)29-10-20(23,24)11-29/h1-8H,9-11H2. The Balaban J connectivity index is 1.77. The van der Waals surface area contributed by atoms with Gasteiger partial charge in [-0.05, 0) is 34.7 Å². The number of rotatable bonds is 3. The molecule has 31 heavy (non-hydrogen) atoms. The molecule has 0 saturated carbocycles. The zero-order valence-corrected chi connectivity index (χ0v) is 16.5. The van der Waals surface area contributed by atoms with Crippen LogP contribution in [0.25, 0.3) is 21.9 Å². The van der Waals surface area contributed by atoms with Gasteiger partial charge < -0.3 is 9.47 Å². The van der Waals surface area contributed by atoms with Crippen molar-refractivity contribution in [1.82, 2.24) is 9.47 Å². The molecular formula is C21H14ClF5N2O2. The fraction of sp³-hybridized carbons (Fsp3) is 0.238. The SMILES string of the molecule is O=C(Cn1ccc2cccc(-c3ccc(Cl)c(C(F)(F)F)c3)c2c1=O)N1CC(F)(F)C1. The molecule has 1 fully saturated rings. The zero-order chi connectivity index (χ0) is 22.6. The molecule has 1 saturated heterocycles. The number of pyridine rings is 1. The summed E-state index contributed by atoms with van der Waals surface area (Å²) in [4.78, 5) is 26.2. The predicted octanol–water partition coefficient (Wildman–Crippen LogP) is 4.82. The van der Waals surface area contributed by atoms with Crippen LogP contribution in [0.1, 0.15) is 5.56 Å². The zero-order valence-electron chi connectivity index (χ0n) is 15.7. The van der Waals surface area contributed by atoms with E-state index in [0.29, 0.717) is 5.39 Å². The molecule has 0 bridgehead atoms. The predicted molar refractivity (Wildman–Crippen MR) is 105 cm³/mol. The highest BCUT2D eigenvalue weighted by molar-refractivity contribution is 6.31. The lowest BCUT2D eigenvalue weighted by atomic mass is 9.97. The Kier molecular flexibility index (Phi) is 5.04. The molecule has 0 radical (unpaired) electrons. The summed E-state index contributed by atoms with van der Waals surface area (Å²) in [7, 11) is 0. The maximum atomic E-state index is 13.3. The van der Waals surface area contributed by atoms with Gasteiger partial charge in [-0.25, -0.2) is 8.78 Å². The number of benzene rings is 2. The largest absolute Gasteiger partial charge is 0.417 e.